The SMILES string of the molecule is CC(C)(C)c1ccc(S(=O)(=O)Oc2ccccc2C=NNC(=O)Cc2ccccc2)cc1. The van der Waals surface area contributed by atoms with Crippen LogP contribution < -0.4 is 9.61 Å². The van der Waals surface area contributed by atoms with E-state index >= 15 is 0 Å². The number of hydrogen-bond donors (Lipinski definition) is 1. The van der Waals surface area contributed by atoms with Gasteiger partial charge in [-0.2, -0.15) is 13.5 Å². The molecule has 0 aliphatic rings. The van der Waals surface area contributed by atoms with Crippen LogP contribution >= 0.6 is 0 Å². The molecule has 0 atom stereocenters. The zero-order valence-electron chi connectivity index (χ0n) is 18.3. The van der Waals surface area contributed by atoms with Gasteiger partial charge in [0.05, 0.1) is 12.6 Å². The molecule has 0 spiro atoms. The summed E-state index contributed by atoms with van der Waals surface area (Å²) in [5, 5.41) is 3.94. The molecule has 0 aliphatic carbocycles. The highest BCUT2D eigenvalue weighted by Gasteiger charge is 2.20. The lowest BCUT2D eigenvalue weighted by Crippen LogP contribution is -2.19. The summed E-state index contributed by atoms with van der Waals surface area (Å²) in [6.45, 7) is 6.17. The van der Waals surface area contributed by atoms with E-state index in [2.05, 4.69) is 31.3 Å². The van der Waals surface area contributed by atoms with Crippen LogP contribution in [0.4, 0.5) is 0 Å². The molecule has 166 valence electrons. The first-order valence-corrected chi connectivity index (χ1v) is 11.6. The third-order valence-corrected chi connectivity index (χ3v) is 5.98. The Morgan fingerprint density at radius 1 is 0.938 bits per heavy atom. The highest BCUT2D eigenvalue weighted by atomic mass is 32.2. The molecule has 0 unspecified atom stereocenters. The summed E-state index contributed by atoms with van der Waals surface area (Å²) in [5.41, 5.74) is 4.67. The van der Waals surface area contributed by atoms with Crippen molar-refractivity contribution >= 4 is 22.2 Å². The van der Waals surface area contributed by atoms with Gasteiger partial charge in [-0.05, 0) is 40.8 Å². The van der Waals surface area contributed by atoms with Gasteiger partial charge in [-0.25, -0.2) is 5.43 Å². The highest BCUT2D eigenvalue weighted by molar-refractivity contribution is 7.87. The predicted molar refractivity (Wildman–Crippen MR) is 125 cm³/mol. The molecule has 0 heterocycles. The number of nitrogens with zero attached hydrogens (tertiary/aromatic N) is 1. The van der Waals surface area contributed by atoms with Crippen molar-refractivity contribution in [1.82, 2.24) is 5.43 Å². The number of hydrazone groups is 1. The Labute approximate surface area is 189 Å². The molecule has 3 aromatic carbocycles. The number of para-hydroxylation sites is 1. The molecule has 0 fully saturated rings. The smallest absolute Gasteiger partial charge is 0.339 e. The number of amides is 1. The maximum Gasteiger partial charge on any atom is 0.339 e. The molecule has 0 saturated carbocycles. The molecule has 1 amide bonds. The minimum Gasteiger partial charge on any atom is -0.378 e. The van der Waals surface area contributed by atoms with E-state index in [1.807, 2.05) is 30.3 Å². The summed E-state index contributed by atoms with van der Waals surface area (Å²) in [6.07, 6.45) is 1.55. The van der Waals surface area contributed by atoms with E-state index in [0.717, 1.165) is 11.1 Å². The Hall–Kier alpha value is -3.45. The van der Waals surface area contributed by atoms with Crippen LogP contribution in [0, 0.1) is 0 Å². The fourth-order valence-electron chi connectivity index (χ4n) is 2.95. The summed E-state index contributed by atoms with van der Waals surface area (Å²) in [6, 6.07) is 22.5. The molecule has 0 aromatic heterocycles. The van der Waals surface area contributed by atoms with Crippen molar-refractivity contribution in [3.8, 4) is 5.75 Å². The van der Waals surface area contributed by atoms with Crippen molar-refractivity contribution in [3.63, 3.8) is 0 Å². The lowest BCUT2D eigenvalue weighted by Gasteiger charge is -2.19. The van der Waals surface area contributed by atoms with E-state index in [1.54, 1.807) is 30.3 Å². The maximum atomic E-state index is 12.8. The molecule has 7 heteroatoms. The van der Waals surface area contributed by atoms with Crippen LogP contribution in [-0.4, -0.2) is 20.5 Å². The van der Waals surface area contributed by atoms with Crippen LogP contribution in [0.3, 0.4) is 0 Å². The van der Waals surface area contributed by atoms with Crippen molar-refractivity contribution in [3.05, 3.63) is 95.6 Å². The molecule has 3 aromatic rings. The Kier molecular flexibility index (Phi) is 7.10. The molecule has 32 heavy (non-hydrogen) atoms. The summed E-state index contributed by atoms with van der Waals surface area (Å²) in [7, 11) is -4.03. The van der Waals surface area contributed by atoms with Gasteiger partial charge < -0.3 is 4.18 Å². The second-order valence-electron chi connectivity index (χ2n) is 8.31. The molecular formula is C25H26N2O4S. The third-order valence-electron chi connectivity index (χ3n) is 4.73. The second kappa shape index (κ2) is 9.78. The van der Waals surface area contributed by atoms with Gasteiger partial charge in [-0.3, -0.25) is 4.79 Å². The van der Waals surface area contributed by atoms with Gasteiger partial charge in [0.2, 0.25) is 5.91 Å². The summed E-state index contributed by atoms with van der Waals surface area (Å²) in [4.78, 5) is 12.1. The van der Waals surface area contributed by atoms with Gasteiger partial charge in [0, 0.05) is 5.56 Å². The Morgan fingerprint density at radius 2 is 1.56 bits per heavy atom. The number of carbonyl (C=O) groups is 1. The lowest BCUT2D eigenvalue weighted by atomic mass is 9.87. The molecule has 0 bridgehead atoms. The molecule has 0 radical (unpaired) electrons. The zero-order valence-corrected chi connectivity index (χ0v) is 19.1. The average molecular weight is 451 g/mol. The summed E-state index contributed by atoms with van der Waals surface area (Å²) < 4.78 is 30.9. The number of rotatable bonds is 7. The van der Waals surface area contributed by atoms with Crippen LogP contribution in [0.25, 0.3) is 0 Å². The largest absolute Gasteiger partial charge is 0.378 e. The minimum absolute atomic E-state index is 0.0633. The van der Waals surface area contributed by atoms with Gasteiger partial charge in [0.1, 0.15) is 4.90 Å². The molecule has 6 nitrogen and oxygen atoms in total. The standard InChI is InChI=1S/C25H26N2O4S/c1-25(2,3)21-13-15-22(16-14-21)32(29,30)31-23-12-8-7-11-20(23)18-26-27-24(28)17-19-9-5-4-6-10-19/h4-16,18H,17H2,1-3H3,(H,27,28). The van der Waals surface area contributed by atoms with E-state index < -0.39 is 10.1 Å². The van der Waals surface area contributed by atoms with Crippen LogP contribution in [-0.2, 0) is 26.7 Å². The predicted octanol–water partition coefficient (Wildman–Crippen LogP) is 4.44. The van der Waals surface area contributed by atoms with E-state index in [4.69, 9.17) is 4.18 Å². The summed E-state index contributed by atoms with van der Waals surface area (Å²) in [5.74, 6) is -0.161. The Bertz CT molecular complexity index is 1200. The monoisotopic (exact) mass is 450 g/mol. The first-order valence-electron chi connectivity index (χ1n) is 10.1. The first-order chi connectivity index (χ1) is 15.1. The van der Waals surface area contributed by atoms with Gasteiger partial charge in [0.25, 0.3) is 0 Å². The van der Waals surface area contributed by atoms with Crippen molar-refractivity contribution in [1.29, 1.82) is 0 Å². The van der Waals surface area contributed by atoms with E-state index in [0.29, 0.717) is 5.56 Å². The normalized spacial score (nSPS) is 12.0. The summed E-state index contributed by atoms with van der Waals surface area (Å²) >= 11 is 0. The van der Waals surface area contributed by atoms with Crippen molar-refractivity contribution < 1.29 is 17.4 Å². The number of carbonyl (C=O) groups excluding carboxylic acids is 1. The zero-order chi connectivity index (χ0) is 23.2. The number of benzene rings is 3. The second-order valence-corrected chi connectivity index (χ2v) is 9.85. The fraction of sp³-hybridized carbons (Fsp3) is 0.200. The molecule has 1 N–H and O–H groups in total. The molecule has 0 saturated heterocycles. The number of nitrogens with one attached hydrogen (secondary N) is 1. The van der Waals surface area contributed by atoms with Gasteiger partial charge in [0.15, 0.2) is 5.75 Å². The fourth-order valence-corrected chi connectivity index (χ4v) is 3.90. The van der Waals surface area contributed by atoms with Crippen LogP contribution in [0.5, 0.6) is 5.75 Å². The molecular weight excluding hydrogens is 424 g/mol. The van der Waals surface area contributed by atoms with E-state index in [1.165, 1.54) is 24.4 Å². The van der Waals surface area contributed by atoms with Gasteiger partial charge in [-0.15, -0.1) is 0 Å². The molecule has 3 rings (SSSR count). The van der Waals surface area contributed by atoms with Crippen LogP contribution in [0.2, 0.25) is 0 Å². The quantitative estimate of drug-likeness (QED) is 0.328. The van der Waals surface area contributed by atoms with Crippen molar-refractivity contribution in [2.75, 3.05) is 0 Å². The first kappa shape index (κ1) is 23.2. The number of hydrogen-bond acceptors (Lipinski definition) is 5. The van der Waals surface area contributed by atoms with Crippen molar-refractivity contribution in [2.45, 2.75) is 37.5 Å². The van der Waals surface area contributed by atoms with Crippen LogP contribution in [0.15, 0.2) is 88.9 Å². The van der Waals surface area contributed by atoms with Gasteiger partial charge >= 0.3 is 10.1 Å². The molecule has 0 aliphatic heterocycles. The van der Waals surface area contributed by atoms with E-state index in [-0.39, 0.29) is 28.4 Å². The topological polar surface area (TPSA) is 84.8 Å². The Balaban J connectivity index is 1.70. The minimum atomic E-state index is -4.03. The van der Waals surface area contributed by atoms with Crippen molar-refractivity contribution in [2.24, 2.45) is 5.10 Å². The maximum absolute atomic E-state index is 12.8. The average Bonchev–Trinajstić information content (AvgIpc) is 2.75. The lowest BCUT2D eigenvalue weighted by molar-refractivity contribution is -0.120. The van der Waals surface area contributed by atoms with Crippen LogP contribution in [0.1, 0.15) is 37.5 Å². The third kappa shape index (κ3) is 6.28. The Morgan fingerprint density at radius 3 is 2.22 bits per heavy atom. The van der Waals surface area contributed by atoms with E-state index in [9.17, 15) is 13.2 Å². The highest BCUT2D eigenvalue weighted by Crippen LogP contribution is 2.26. The van der Waals surface area contributed by atoms with Gasteiger partial charge in [-0.1, -0.05) is 75.4 Å².